The monoisotopic (exact) mass is 303 g/mol. The molecule has 0 amide bonds. The van der Waals surface area contributed by atoms with Crippen LogP contribution in [-0.4, -0.2) is 23.2 Å². The summed E-state index contributed by atoms with van der Waals surface area (Å²) in [7, 11) is 1.53. The van der Waals surface area contributed by atoms with Gasteiger partial charge in [-0.2, -0.15) is 0 Å². The molecule has 21 heavy (non-hydrogen) atoms. The van der Waals surface area contributed by atoms with Crippen molar-refractivity contribution in [2.45, 2.75) is 0 Å². The lowest BCUT2D eigenvalue weighted by Crippen LogP contribution is -1.94. The molecule has 1 N–H and O–H groups in total. The van der Waals surface area contributed by atoms with E-state index in [1.807, 2.05) is 0 Å². The standard InChI is InChI=1S/C15H10ClNO4/c1-20-12-7-9(16)3-4-10(12)14-17-11-5-2-8(15(18)19)6-13(11)21-14/h2-7H,1H3,(H,18,19). The number of rotatable bonds is 3. The second kappa shape index (κ2) is 5.10. The Morgan fingerprint density at radius 1 is 1.29 bits per heavy atom. The maximum absolute atomic E-state index is 11.0. The zero-order chi connectivity index (χ0) is 15.0. The van der Waals surface area contributed by atoms with E-state index in [-0.39, 0.29) is 5.56 Å². The number of nitrogens with zero attached hydrogens (tertiary/aromatic N) is 1. The van der Waals surface area contributed by atoms with Gasteiger partial charge in [0.2, 0.25) is 5.89 Å². The van der Waals surface area contributed by atoms with Crippen molar-refractivity contribution in [1.82, 2.24) is 4.98 Å². The molecule has 0 saturated heterocycles. The minimum Gasteiger partial charge on any atom is -0.496 e. The van der Waals surface area contributed by atoms with E-state index in [0.717, 1.165) is 0 Å². The van der Waals surface area contributed by atoms with Gasteiger partial charge in [-0.3, -0.25) is 0 Å². The van der Waals surface area contributed by atoms with E-state index in [1.165, 1.54) is 19.2 Å². The number of halogens is 1. The maximum atomic E-state index is 11.0. The number of carboxylic acid groups (broad SMARTS) is 1. The third-order valence-electron chi connectivity index (χ3n) is 3.03. The highest BCUT2D eigenvalue weighted by atomic mass is 35.5. The average Bonchev–Trinajstić information content (AvgIpc) is 2.89. The van der Waals surface area contributed by atoms with Crippen LogP contribution >= 0.6 is 11.6 Å². The van der Waals surface area contributed by atoms with E-state index in [9.17, 15) is 4.79 Å². The van der Waals surface area contributed by atoms with Crippen molar-refractivity contribution in [2.75, 3.05) is 7.11 Å². The Morgan fingerprint density at radius 3 is 2.81 bits per heavy atom. The molecule has 0 bridgehead atoms. The number of carboxylic acids is 1. The van der Waals surface area contributed by atoms with Gasteiger partial charge in [-0.1, -0.05) is 11.6 Å². The zero-order valence-electron chi connectivity index (χ0n) is 11.0. The van der Waals surface area contributed by atoms with Crippen LogP contribution in [0.3, 0.4) is 0 Å². The smallest absolute Gasteiger partial charge is 0.335 e. The largest absolute Gasteiger partial charge is 0.496 e. The van der Waals surface area contributed by atoms with E-state index >= 15 is 0 Å². The van der Waals surface area contributed by atoms with Crippen LogP contribution in [0, 0.1) is 0 Å². The van der Waals surface area contributed by atoms with E-state index in [2.05, 4.69) is 4.98 Å². The molecule has 1 heterocycles. The van der Waals surface area contributed by atoms with Gasteiger partial charge in [0, 0.05) is 5.02 Å². The van der Waals surface area contributed by atoms with Crippen molar-refractivity contribution in [3.8, 4) is 17.2 Å². The molecule has 2 aromatic carbocycles. The van der Waals surface area contributed by atoms with Crippen molar-refractivity contribution in [1.29, 1.82) is 0 Å². The number of benzene rings is 2. The fourth-order valence-electron chi connectivity index (χ4n) is 2.01. The molecule has 0 saturated carbocycles. The fraction of sp³-hybridized carbons (Fsp3) is 0.0667. The number of aromatic nitrogens is 1. The SMILES string of the molecule is COc1cc(Cl)ccc1-c1nc2ccc(C(=O)O)cc2o1. The summed E-state index contributed by atoms with van der Waals surface area (Å²) < 4.78 is 10.9. The second-order valence-electron chi connectivity index (χ2n) is 4.35. The predicted octanol–water partition coefficient (Wildman–Crippen LogP) is 3.86. The van der Waals surface area contributed by atoms with Crippen LogP contribution in [-0.2, 0) is 0 Å². The Kier molecular flexibility index (Phi) is 3.27. The van der Waals surface area contributed by atoms with Gasteiger partial charge in [-0.15, -0.1) is 0 Å². The molecular formula is C15H10ClNO4. The Balaban J connectivity index is 2.15. The highest BCUT2D eigenvalue weighted by molar-refractivity contribution is 6.30. The molecule has 5 nitrogen and oxygen atoms in total. The van der Waals surface area contributed by atoms with Crippen LogP contribution in [0.15, 0.2) is 40.8 Å². The minimum absolute atomic E-state index is 0.147. The number of hydrogen-bond donors (Lipinski definition) is 1. The number of fused-ring (bicyclic) bond motifs is 1. The van der Waals surface area contributed by atoms with E-state index < -0.39 is 5.97 Å². The Bertz CT molecular complexity index is 841. The summed E-state index contributed by atoms with van der Waals surface area (Å²) in [6.45, 7) is 0. The highest BCUT2D eigenvalue weighted by Crippen LogP contribution is 2.33. The number of oxazole rings is 1. The van der Waals surface area contributed by atoms with Gasteiger partial charge in [0.25, 0.3) is 0 Å². The molecule has 1 aromatic heterocycles. The Hall–Kier alpha value is -2.53. The molecule has 3 rings (SSSR count). The van der Waals surface area contributed by atoms with E-state index in [4.69, 9.17) is 25.9 Å². The number of hydrogen-bond acceptors (Lipinski definition) is 4. The number of aromatic carboxylic acids is 1. The van der Waals surface area contributed by atoms with Gasteiger partial charge >= 0.3 is 5.97 Å². The van der Waals surface area contributed by atoms with E-state index in [1.54, 1.807) is 24.3 Å². The maximum Gasteiger partial charge on any atom is 0.335 e. The van der Waals surface area contributed by atoms with Crippen molar-refractivity contribution in [3.05, 3.63) is 47.0 Å². The van der Waals surface area contributed by atoms with Gasteiger partial charge < -0.3 is 14.3 Å². The average molecular weight is 304 g/mol. The van der Waals surface area contributed by atoms with Crippen molar-refractivity contribution >= 4 is 28.7 Å². The Morgan fingerprint density at radius 2 is 2.10 bits per heavy atom. The van der Waals surface area contributed by atoms with Gasteiger partial charge in [0.05, 0.1) is 18.2 Å². The normalized spacial score (nSPS) is 10.8. The first-order valence-electron chi connectivity index (χ1n) is 6.06. The molecule has 0 aliphatic rings. The van der Waals surface area contributed by atoms with Gasteiger partial charge in [0.15, 0.2) is 5.58 Å². The molecule has 0 atom stereocenters. The molecule has 0 spiro atoms. The third kappa shape index (κ3) is 2.43. The van der Waals surface area contributed by atoms with Crippen molar-refractivity contribution in [2.24, 2.45) is 0 Å². The first-order chi connectivity index (χ1) is 10.1. The third-order valence-corrected chi connectivity index (χ3v) is 3.26. The summed E-state index contributed by atoms with van der Waals surface area (Å²) in [5, 5.41) is 9.53. The number of methoxy groups -OCH3 is 1. The molecular weight excluding hydrogens is 294 g/mol. The quantitative estimate of drug-likeness (QED) is 0.795. The van der Waals surface area contributed by atoms with Crippen molar-refractivity contribution in [3.63, 3.8) is 0 Å². The molecule has 0 aliphatic carbocycles. The van der Waals surface area contributed by atoms with Crippen LogP contribution in [0.25, 0.3) is 22.6 Å². The van der Waals surface area contributed by atoms with E-state index in [0.29, 0.717) is 33.3 Å². The second-order valence-corrected chi connectivity index (χ2v) is 4.79. The highest BCUT2D eigenvalue weighted by Gasteiger charge is 2.15. The molecule has 0 fully saturated rings. The summed E-state index contributed by atoms with van der Waals surface area (Å²) in [5.74, 6) is -0.132. The van der Waals surface area contributed by atoms with Gasteiger partial charge in [0.1, 0.15) is 11.3 Å². The van der Waals surface area contributed by atoms with Crippen LogP contribution in [0.1, 0.15) is 10.4 Å². The lowest BCUT2D eigenvalue weighted by Gasteiger charge is -2.05. The van der Waals surface area contributed by atoms with Gasteiger partial charge in [-0.05, 0) is 36.4 Å². The predicted molar refractivity (Wildman–Crippen MR) is 78.0 cm³/mol. The Labute approximate surface area is 124 Å². The minimum atomic E-state index is -1.01. The molecule has 0 unspecified atom stereocenters. The zero-order valence-corrected chi connectivity index (χ0v) is 11.7. The first-order valence-corrected chi connectivity index (χ1v) is 6.44. The van der Waals surface area contributed by atoms with Crippen LogP contribution < -0.4 is 4.74 Å². The number of ether oxygens (including phenoxy) is 1. The van der Waals surface area contributed by atoms with Crippen LogP contribution in [0.5, 0.6) is 5.75 Å². The fourth-order valence-corrected chi connectivity index (χ4v) is 2.18. The van der Waals surface area contributed by atoms with Crippen LogP contribution in [0.2, 0.25) is 5.02 Å². The molecule has 0 radical (unpaired) electrons. The summed E-state index contributed by atoms with van der Waals surface area (Å²) in [6, 6.07) is 9.64. The van der Waals surface area contributed by atoms with Crippen molar-refractivity contribution < 1.29 is 19.1 Å². The summed E-state index contributed by atoms with van der Waals surface area (Å²) in [4.78, 5) is 15.3. The molecule has 3 aromatic rings. The topological polar surface area (TPSA) is 72.6 Å². The summed E-state index contributed by atoms with van der Waals surface area (Å²) in [6.07, 6.45) is 0. The lowest BCUT2D eigenvalue weighted by molar-refractivity contribution is 0.0697. The molecule has 6 heteroatoms. The summed E-state index contributed by atoms with van der Waals surface area (Å²) >= 11 is 5.92. The van der Waals surface area contributed by atoms with Gasteiger partial charge in [-0.25, -0.2) is 9.78 Å². The molecule has 0 aliphatic heterocycles. The lowest BCUT2D eigenvalue weighted by atomic mass is 10.2. The van der Waals surface area contributed by atoms with Crippen LogP contribution in [0.4, 0.5) is 0 Å². The first kappa shape index (κ1) is 13.5. The molecule has 106 valence electrons. The summed E-state index contributed by atoms with van der Waals surface area (Å²) in [5.41, 5.74) is 1.78. The number of carbonyl (C=O) groups is 1.